The molecular weight excluding hydrogens is 160 g/mol. The van der Waals surface area contributed by atoms with Crippen molar-refractivity contribution in [2.24, 2.45) is 5.41 Å². The molecule has 0 unspecified atom stereocenters. The minimum atomic E-state index is -0.863. The zero-order chi connectivity index (χ0) is 8.82. The maximum atomic E-state index is 10.7. The topological polar surface area (TPSA) is 55.8 Å². The predicted molar refractivity (Wildman–Crippen MR) is 39.9 cm³/mol. The Kier molecular flexibility index (Phi) is 1.47. The zero-order valence-electron chi connectivity index (χ0n) is 7.00. The number of hydrogen-bond donors (Lipinski definition) is 1. The van der Waals surface area contributed by atoms with Crippen molar-refractivity contribution in [3.63, 3.8) is 0 Å². The Morgan fingerprint density at radius 1 is 1.67 bits per heavy atom. The van der Waals surface area contributed by atoms with Crippen LogP contribution in [0.3, 0.4) is 0 Å². The standard InChI is InChI=1S/C8H12O4/c1-11-4-7-2-8(3-7,6(9)10)12-5-7/h2-5H2,1H3,(H,9,10). The molecule has 0 atom stereocenters. The smallest absolute Gasteiger partial charge is 0.336 e. The van der Waals surface area contributed by atoms with Gasteiger partial charge in [0, 0.05) is 12.5 Å². The molecule has 2 bridgehead atoms. The average molecular weight is 172 g/mol. The molecule has 4 heteroatoms. The molecule has 0 aromatic carbocycles. The van der Waals surface area contributed by atoms with Crippen molar-refractivity contribution in [2.45, 2.75) is 18.4 Å². The van der Waals surface area contributed by atoms with Crippen molar-refractivity contribution in [3.8, 4) is 0 Å². The number of hydrogen-bond acceptors (Lipinski definition) is 3. The van der Waals surface area contributed by atoms with E-state index in [4.69, 9.17) is 14.6 Å². The highest BCUT2D eigenvalue weighted by Crippen LogP contribution is 2.57. The molecule has 0 aromatic rings. The van der Waals surface area contributed by atoms with Gasteiger partial charge in [-0.25, -0.2) is 4.79 Å². The number of aliphatic carboxylic acids is 1. The fourth-order valence-electron chi connectivity index (χ4n) is 2.32. The van der Waals surface area contributed by atoms with E-state index in [1.807, 2.05) is 0 Å². The average Bonchev–Trinajstić information content (AvgIpc) is 2.42. The molecular formula is C8H12O4. The van der Waals surface area contributed by atoms with Crippen LogP contribution >= 0.6 is 0 Å². The van der Waals surface area contributed by atoms with Crippen LogP contribution < -0.4 is 0 Å². The third kappa shape index (κ3) is 0.820. The van der Waals surface area contributed by atoms with Crippen molar-refractivity contribution in [2.75, 3.05) is 20.3 Å². The summed E-state index contributed by atoms with van der Waals surface area (Å²) in [7, 11) is 1.63. The molecule has 1 aliphatic carbocycles. The Balaban J connectivity index is 2.05. The van der Waals surface area contributed by atoms with Gasteiger partial charge in [-0.1, -0.05) is 0 Å². The van der Waals surface area contributed by atoms with E-state index >= 15 is 0 Å². The molecule has 1 N–H and O–H groups in total. The fraction of sp³-hybridized carbons (Fsp3) is 0.875. The first kappa shape index (κ1) is 8.01. The highest BCUT2D eigenvalue weighted by atomic mass is 16.5. The van der Waals surface area contributed by atoms with Crippen molar-refractivity contribution in [1.82, 2.24) is 0 Å². The molecule has 1 saturated carbocycles. The van der Waals surface area contributed by atoms with E-state index in [0.29, 0.717) is 26.1 Å². The Hall–Kier alpha value is -0.610. The van der Waals surface area contributed by atoms with Crippen LogP contribution in [0.2, 0.25) is 0 Å². The number of methoxy groups -OCH3 is 1. The van der Waals surface area contributed by atoms with Crippen LogP contribution in [0.4, 0.5) is 0 Å². The summed E-state index contributed by atoms with van der Waals surface area (Å²) in [5, 5.41) is 8.83. The lowest BCUT2D eigenvalue weighted by molar-refractivity contribution is -0.165. The number of carboxylic acids is 1. The largest absolute Gasteiger partial charge is 0.479 e. The molecule has 4 nitrogen and oxygen atoms in total. The lowest BCUT2D eigenvalue weighted by Gasteiger charge is -2.40. The predicted octanol–water partition coefficient (Wildman–Crippen LogP) is 0.267. The van der Waals surface area contributed by atoms with Crippen LogP contribution in [0.5, 0.6) is 0 Å². The van der Waals surface area contributed by atoms with Crippen LogP contribution in [0.25, 0.3) is 0 Å². The second-order valence-electron chi connectivity index (χ2n) is 3.87. The van der Waals surface area contributed by atoms with Crippen LogP contribution in [0.15, 0.2) is 0 Å². The quantitative estimate of drug-likeness (QED) is 0.663. The number of ether oxygens (including phenoxy) is 2. The van der Waals surface area contributed by atoms with E-state index in [1.165, 1.54) is 0 Å². The van der Waals surface area contributed by atoms with Gasteiger partial charge < -0.3 is 14.6 Å². The third-order valence-electron chi connectivity index (χ3n) is 2.82. The highest BCUT2D eigenvalue weighted by molar-refractivity contribution is 5.80. The van der Waals surface area contributed by atoms with Crippen LogP contribution in [-0.2, 0) is 14.3 Å². The van der Waals surface area contributed by atoms with Gasteiger partial charge in [-0.2, -0.15) is 0 Å². The Morgan fingerprint density at radius 3 is 2.75 bits per heavy atom. The third-order valence-corrected chi connectivity index (χ3v) is 2.82. The summed E-state index contributed by atoms with van der Waals surface area (Å²) in [4.78, 5) is 10.7. The van der Waals surface area contributed by atoms with Gasteiger partial charge >= 0.3 is 5.97 Å². The van der Waals surface area contributed by atoms with Gasteiger partial charge in [0.1, 0.15) is 0 Å². The molecule has 12 heavy (non-hydrogen) atoms. The molecule has 3 fully saturated rings. The summed E-state index contributed by atoms with van der Waals surface area (Å²) in [6.45, 7) is 1.15. The summed E-state index contributed by atoms with van der Waals surface area (Å²) < 4.78 is 10.3. The van der Waals surface area contributed by atoms with Gasteiger partial charge in [-0.05, 0) is 12.8 Å². The first-order valence-corrected chi connectivity index (χ1v) is 3.99. The second-order valence-corrected chi connectivity index (χ2v) is 3.87. The lowest BCUT2D eigenvalue weighted by Crippen LogP contribution is -2.51. The Labute approximate surface area is 70.5 Å². The SMILES string of the molecule is COCC12COC(C(=O)O)(C1)C2. The molecule has 2 heterocycles. The van der Waals surface area contributed by atoms with Crippen LogP contribution in [0, 0.1) is 5.41 Å². The summed E-state index contributed by atoms with van der Waals surface area (Å²) in [6, 6.07) is 0. The summed E-state index contributed by atoms with van der Waals surface area (Å²) in [6.07, 6.45) is 1.23. The first-order valence-electron chi connectivity index (χ1n) is 3.99. The minimum Gasteiger partial charge on any atom is -0.479 e. The molecule has 3 rings (SSSR count). The minimum absolute atomic E-state index is 0.00708. The van der Waals surface area contributed by atoms with E-state index in [0.717, 1.165) is 0 Å². The number of rotatable bonds is 3. The number of carbonyl (C=O) groups is 1. The molecule has 0 amide bonds. The fourth-order valence-corrected chi connectivity index (χ4v) is 2.32. The molecule has 3 aliphatic rings. The van der Waals surface area contributed by atoms with E-state index in [1.54, 1.807) is 7.11 Å². The van der Waals surface area contributed by atoms with Crippen LogP contribution in [0.1, 0.15) is 12.8 Å². The Morgan fingerprint density at radius 2 is 2.33 bits per heavy atom. The van der Waals surface area contributed by atoms with Gasteiger partial charge in [0.15, 0.2) is 5.60 Å². The Bertz CT molecular complexity index is 217. The monoisotopic (exact) mass is 172 g/mol. The molecule has 68 valence electrons. The van der Waals surface area contributed by atoms with Gasteiger partial charge in [0.2, 0.25) is 0 Å². The van der Waals surface area contributed by atoms with Crippen LogP contribution in [-0.4, -0.2) is 37.0 Å². The molecule has 2 saturated heterocycles. The van der Waals surface area contributed by atoms with Crippen molar-refractivity contribution >= 4 is 5.97 Å². The lowest BCUT2D eigenvalue weighted by atomic mass is 9.63. The van der Waals surface area contributed by atoms with E-state index in [9.17, 15) is 4.79 Å². The molecule has 2 aliphatic heterocycles. The highest BCUT2D eigenvalue weighted by Gasteiger charge is 2.66. The summed E-state index contributed by atoms with van der Waals surface area (Å²) in [5.74, 6) is -0.827. The zero-order valence-corrected chi connectivity index (χ0v) is 7.00. The number of fused-ring (bicyclic) bond motifs is 1. The maximum Gasteiger partial charge on any atom is 0.336 e. The van der Waals surface area contributed by atoms with Gasteiger partial charge in [-0.3, -0.25) is 0 Å². The number of carboxylic acid groups (broad SMARTS) is 1. The normalized spacial score (nSPS) is 44.1. The van der Waals surface area contributed by atoms with E-state index in [2.05, 4.69) is 0 Å². The van der Waals surface area contributed by atoms with Crippen molar-refractivity contribution in [1.29, 1.82) is 0 Å². The molecule has 0 radical (unpaired) electrons. The summed E-state index contributed by atoms with van der Waals surface area (Å²) in [5.41, 5.74) is -0.855. The van der Waals surface area contributed by atoms with Gasteiger partial charge in [0.25, 0.3) is 0 Å². The molecule has 0 aromatic heterocycles. The van der Waals surface area contributed by atoms with Crippen molar-refractivity contribution < 1.29 is 19.4 Å². The van der Waals surface area contributed by atoms with E-state index in [-0.39, 0.29) is 5.41 Å². The second kappa shape index (κ2) is 2.20. The summed E-state index contributed by atoms with van der Waals surface area (Å²) >= 11 is 0. The first-order chi connectivity index (χ1) is 5.63. The maximum absolute atomic E-state index is 10.7. The molecule has 0 spiro atoms. The van der Waals surface area contributed by atoms with Crippen molar-refractivity contribution in [3.05, 3.63) is 0 Å². The van der Waals surface area contributed by atoms with Gasteiger partial charge in [-0.15, -0.1) is 0 Å². The van der Waals surface area contributed by atoms with Gasteiger partial charge in [0.05, 0.1) is 13.2 Å². The van der Waals surface area contributed by atoms with E-state index < -0.39 is 11.6 Å².